The molecule has 3 nitrogen and oxygen atoms in total. The third kappa shape index (κ3) is 1.86. The van der Waals surface area contributed by atoms with E-state index in [0.717, 1.165) is 16.9 Å². The van der Waals surface area contributed by atoms with Crippen molar-refractivity contribution >= 4 is 5.91 Å². The zero-order valence-corrected chi connectivity index (χ0v) is 11.5. The second-order valence-corrected chi connectivity index (χ2v) is 6.00. The Bertz CT molecular complexity index is 647. The smallest absolute Gasteiger partial charge is 0.253 e. The number of amides is 1. The van der Waals surface area contributed by atoms with Gasteiger partial charge in [0.15, 0.2) is 0 Å². The highest BCUT2D eigenvalue weighted by molar-refractivity contribution is 5.98. The van der Waals surface area contributed by atoms with Crippen molar-refractivity contribution in [2.45, 2.75) is 32.7 Å². The van der Waals surface area contributed by atoms with Crippen LogP contribution in [0.25, 0.3) is 5.69 Å². The molecule has 0 spiro atoms. The number of fused-ring (bicyclic) bond motifs is 3. The van der Waals surface area contributed by atoms with Crippen molar-refractivity contribution in [1.82, 2.24) is 9.88 Å². The van der Waals surface area contributed by atoms with Crippen molar-refractivity contribution < 1.29 is 4.79 Å². The van der Waals surface area contributed by atoms with E-state index >= 15 is 0 Å². The fourth-order valence-corrected chi connectivity index (χ4v) is 2.61. The molecule has 0 saturated carbocycles. The number of rotatable bonds is 0. The Hall–Kier alpha value is -2.03. The van der Waals surface area contributed by atoms with E-state index in [2.05, 4.69) is 42.8 Å². The first-order valence-electron chi connectivity index (χ1n) is 6.57. The fraction of sp³-hybridized carbons (Fsp3) is 0.312. The average Bonchev–Trinajstić information content (AvgIpc) is 2.74. The molecule has 1 aliphatic rings. The lowest BCUT2D eigenvalue weighted by Gasteiger charge is -2.23. The predicted octanol–water partition coefficient (Wildman–Crippen LogP) is 3.02. The molecular formula is C16H18N2O. The lowest BCUT2D eigenvalue weighted by Crippen LogP contribution is -2.21. The van der Waals surface area contributed by atoms with Crippen LogP contribution in [-0.4, -0.2) is 10.5 Å². The van der Waals surface area contributed by atoms with Crippen molar-refractivity contribution in [2.75, 3.05) is 0 Å². The summed E-state index contributed by atoms with van der Waals surface area (Å²) < 4.78 is 2.22. The molecule has 1 aromatic heterocycles. The minimum Gasteiger partial charge on any atom is -0.346 e. The Kier molecular flexibility index (Phi) is 2.52. The van der Waals surface area contributed by atoms with Crippen LogP contribution in [0.4, 0.5) is 0 Å². The normalized spacial score (nSPS) is 14.4. The van der Waals surface area contributed by atoms with Gasteiger partial charge in [0, 0.05) is 16.8 Å². The molecule has 1 aliphatic heterocycles. The van der Waals surface area contributed by atoms with Gasteiger partial charge in [0.05, 0.1) is 17.8 Å². The van der Waals surface area contributed by atoms with Gasteiger partial charge in [-0.15, -0.1) is 0 Å². The van der Waals surface area contributed by atoms with E-state index in [9.17, 15) is 4.79 Å². The number of benzene rings is 1. The summed E-state index contributed by atoms with van der Waals surface area (Å²) >= 11 is 0. The largest absolute Gasteiger partial charge is 0.346 e. The predicted molar refractivity (Wildman–Crippen MR) is 75.6 cm³/mol. The Morgan fingerprint density at radius 3 is 2.58 bits per heavy atom. The SMILES string of the molecule is CC(C)(C)c1ccc2n1-c1ccccc1C(=O)NC2. The van der Waals surface area contributed by atoms with Crippen LogP contribution in [0.1, 0.15) is 42.5 Å². The quantitative estimate of drug-likeness (QED) is 0.770. The molecule has 0 fully saturated rings. The van der Waals surface area contributed by atoms with Crippen LogP contribution in [0.15, 0.2) is 36.4 Å². The molecule has 2 aromatic rings. The third-order valence-corrected chi connectivity index (χ3v) is 3.55. The number of nitrogens with zero attached hydrogens (tertiary/aromatic N) is 1. The van der Waals surface area contributed by atoms with E-state index in [1.165, 1.54) is 5.69 Å². The van der Waals surface area contributed by atoms with E-state index in [1.807, 2.05) is 24.3 Å². The van der Waals surface area contributed by atoms with Crippen LogP contribution in [-0.2, 0) is 12.0 Å². The first kappa shape index (κ1) is 12.0. The molecule has 1 N–H and O–H groups in total. The highest BCUT2D eigenvalue weighted by atomic mass is 16.1. The van der Waals surface area contributed by atoms with Gasteiger partial charge in [0.25, 0.3) is 5.91 Å². The Balaban J connectivity index is 2.32. The van der Waals surface area contributed by atoms with E-state index in [4.69, 9.17) is 0 Å². The lowest BCUT2D eigenvalue weighted by atomic mass is 9.92. The Morgan fingerprint density at radius 1 is 1.11 bits per heavy atom. The van der Waals surface area contributed by atoms with Gasteiger partial charge in [0.1, 0.15) is 0 Å². The summed E-state index contributed by atoms with van der Waals surface area (Å²) in [5, 5.41) is 2.96. The van der Waals surface area contributed by atoms with Crippen molar-refractivity contribution in [3.05, 3.63) is 53.3 Å². The summed E-state index contributed by atoms with van der Waals surface area (Å²) in [4.78, 5) is 12.1. The van der Waals surface area contributed by atoms with Gasteiger partial charge in [-0.1, -0.05) is 32.9 Å². The van der Waals surface area contributed by atoms with E-state index in [1.54, 1.807) is 0 Å². The molecule has 0 saturated heterocycles. The minimum atomic E-state index is -0.000779. The average molecular weight is 254 g/mol. The Labute approximate surface area is 113 Å². The number of hydrogen-bond acceptors (Lipinski definition) is 1. The molecule has 0 atom stereocenters. The number of hydrogen-bond donors (Lipinski definition) is 1. The first-order valence-corrected chi connectivity index (χ1v) is 6.57. The molecule has 0 radical (unpaired) electrons. The maximum atomic E-state index is 12.1. The van der Waals surface area contributed by atoms with Gasteiger partial charge in [-0.05, 0) is 24.3 Å². The van der Waals surface area contributed by atoms with Crippen molar-refractivity contribution in [2.24, 2.45) is 0 Å². The summed E-state index contributed by atoms with van der Waals surface area (Å²) in [5.74, 6) is -0.000779. The number of carbonyl (C=O) groups is 1. The monoisotopic (exact) mass is 254 g/mol. The van der Waals surface area contributed by atoms with Crippen molar-refractivity contribution in [3.8, 4) is 5.69 Å². The first-order chi connectivity index (χ1) is 8.98. The van der Waals surface area contributed by atoms with Gasteiger partial charge in [-0.3, -0.25) is 4.79 Å². The molecule has 0 aliphatic carbocycles. The van der Waals surface area contributed by atoms with E-state index in [0.29, 0.717) is 6.54 Å². The summed E-state index contributed by atoms with van der Waals surface area (Å²) in [6.45, 7) is 7.15. The zero-order chi connectivity index (χ0) is 13.6. The molecule has 0 unspecified atom stereocenters. The lowest BCUT2D eigenvalue weighted by molar-refractivity contribution is 0.0953. The van der Waals surface area contributed by atoms with Gasteiger partial charge >= 0.3 is 0 Å². The van der Waals surface area contributed by atoms with Crippen molar-refractivity contribution in [1.29, 1.82) is 0 Å². The molecule has 2 heterocycles. The van der Waals surface area contributed by atoms with Gasteiger partial charge in [-0.25, -0.2) is 0 Å². The van der Waals surface area contributed by atoms with E-state index in [-0.39, 0.29) is 11.3 Å². The number of para-hydroxylation sites is 1. The fourth-order valence-electron chi connectivity index (χ4n) is 2.61. The van der Waals surface area contributed by atoms with Crippen LogP contribution in [0, 0.1) is 0 Å². The second-order valence-electron chi connectivity index (χ2n) is 6.00. The summed E-state index contributed by atoms with van der Waals surface area (Å²) in [5.41, 5.74) is 4.11. The van der Waals surface area contributed by atoms with Crippen LogP contribution < -0.4 is 5.32 Å². The zero-order valence-electron chi connectivity index (χ0n) is 11.5. The van der Waals surface area contributed by atoms with Crippen LogP contribution in [0.2, 0.25) is 0 Å². The number of carbonyl (C=O) groups excluding carboxylic acids is 1. The van der Waals surface area contributed by atoms with Crippen LogP contribution in [0.5, 0.6) is 0 Å². The maximum absolute atomic E-state index is 12.1. The molecule has 0 bridgehead atoms. The standard InChI is InChI=1S/C16H18N2O/c1-16(2,3)14-9-8-11-10-17-15(19)12-6-4-5-7-13(12)18(11)14/h4-9H,10H2,1-3H3,(H,17,19). The Morgan fingerprint density at radius 2 is 1.84 bits per heavy atom. The third-order valence-electron chi connectivity index (χ3n) is 3.55. The van der Waals surface area contributed by atoms with Crippen LogP contribution in [0.3, 0.4) is 0 Å². The topological polar surface area (TPSA) is 34.0 Å². The molecule has 3 heteroatoms. The minimum absolute atomic E-state index is 0.000779. The summed E-state index contributed by atoms with van der Waals surface area (Å²) in [7, 11) is 0. The van der Waals surface area contributed by atoms with Crippen LogP contribution >= 0.6 is 0 Å². The van der Waals surface area contributed by atoms with E-state index < -0.39 is 0 Å². The molecule has 1 aromatic carbocycles. The van der Waals surface area contributed by atoms with Crippen molar-refractivity contribution in [3.63, 3.8) is 0 Å². The van der Waals surface area contributed by atoms with Gasteiger partial charge in [0.2, 0.25) is 0 Å². The molecular weight excluding hydrogens is 236 g/mol. The summed E-state index contributed by atoms with van der Waals surface area (Å²) in [6, 6.07) is 12.0. The highest BCUT2D eigenvalue weighted by Crippen LogP contribution is 2.30. The summed E-state index contributed by atoms with van der Waals surface area (Å²) in [6.07, 6.45) is 0. The van der Waals surface area contributed by atoms with Gasteiger partial charge < -0.3 is 9.88 Å². The van der Waals surface area contributed by atoms with Gasteiger partial charge in [-0.2, -0.15) is 0 Å². The molecule has 19 heavy (non-hydrogen) atoms. The second kappa shape index (κ2) is 3.98. The molecule has 3 rings (SSSR count). The molecule has 1 amide bonds. The molecule has 98 valence electrons. The maximum Gasteiger partial charge on any atom is 0.253 e. The number of aromatic nitrogens is 1. The number of nitrogens with one attached hydrogen (secondary N) is 1. The highest BCUT2D eigenvalue weighted by Gasteiger charge is 2.25.